The van der Waals surface area contributed by atoms with Gasteiger partial charge in [-0.3, -0.25) is 19.4 Å². The fourth-order valence-corrected chi connectivity index (χ4v) is 2.77. The summed E-state index contributed by atoms with van der Waals surface area (Å²) in [4.78, 5) is 21.4. The van der Waals surface area contributed by atoms with E-state index in [0.717, 1.165) is 0 Å². The third kappa shape index (κ3) is 2.90. The average molecular weight is 347 g/mol. The predicted molar refractivity (Wildman–Crippen MR) is 96.1 cm³/mol. The van der Waals surface area contributed by atoms with E-state index in [4.69, 9.17) is 0 Å². The molecular formula is C19H14FN5O. The highest BCUT2D eigenvalue weighted by Crippen LogP contribution is 2.25. The third-order valence-corrected chi connectivity index (χ3v) is 3.92. The summed E-state index contributed by atoms with van der Waals surface area (Å²) in [7, 11) is 1.71. The quantitative estimate of drug-likeness (QED) is 0.616. The molecule has 6 nitrogen and oxygen atoms in total. The van der Waals surface area contributed by atoms with E-state index in [1.807, 2.05) is 6.07 Å². The minimum atomic E-state index is -0.385. The van der Waals surface area contributed by atoms with Crippen molar-refractivity contribution in [3.8, 4) is 11.3 Å². The van der Waals surface area contributed by atoms with Gasteiger partial charge in [-0.15, -0.1) is 0 Å². The largest absolute Gasteiger partial charge is 0.320 e. The standard InChI is InChI=1S/C19H14FN5O/c1-25-11-14(17(24-25)12-4-2-5-13(20)10-12)19(26)23-16-7-9-21-15-6-3-8-22-18(15)16/h2-11H,1H3,(H,21,23,26). The Hall–Kier alpha value is -3.61. The molecule has 3 heterocycles. The Kier molecular flexibility index (Phi) is 3.89. The van der Waals surface area contributed by atoms with Crippen LogP contribution in [0.2, 0.25) is 0 Å². The molecule has 0 aliphatic heterocycles. The van der Waals surface area contributed by atoms with Gasteiger partial charge in [-0.05, 0) is 30.3 Å². The number of amides is 1. The number of fused-ring (bicyclic) bond motifs is 1. The summed E-state index contributed by atoms with van der Waals surface area (Å²) < 4.78 is 15.1. The summed E-state index contributed by atoms with van der Waals surface area (Å²) in [6.45, 7) is 0. The van der Waals surface area contributed by atoms with Crippen molar-refractivity contribution in [2.45, 2.75) is 0 Å². The molecule has 0 saturated carbocycles. The van der Waals surface area contributed by atoms with Crippen molar-refractivity contribution >= 4 is 22.6 Å². The van der Waals surface area contributed by atoms with Crippen LogP contribution in [0, 0.1) is 5.82 Å². The van der Waals surface area contributed by atoms with Gasteiger partial charge in [0.15, 0.2) is 0 Å². The second-order valence-electron chi connectivity index (χ2n) is 5.76. The van der Waals surface area contributed by atoms with Crippen LogP contribution in [-0.4, -0.2) is 25.7 Å². The number of aromatic nitrogens is 4. The Labute approximate surface area is 148 Å². The molecule has 7 heteroatoms. The molecule has 0 bridgehead atoms. The lowest BCUT2D eigenvalue weighted by molar-refractivity contribution is 0.102. The fraction of sp³-hybridized carbons (Fsp3) is 0.0526. The van der Waals surface area contributed by atoms with Crippen molar-refractivity contribution in [2.75, 3.05) is 5.32 Å². The zero-order valence-corrected chi connectivity index (χ0v) is 13.8. The van der Waals surface area contributed by atoms with Crippen LogP contribution in [0.3, 0.4) is 0 Å². The van der Waals surface area contributed by atoms with Crippen molar-refractivity contribution < 1.29 is 9.18 Å². The molecule has 0 spiro atoms. The number of nitrogens with one attached hydrogen (secondary N) is 1. The number of carbonyl (C=O) groups is 1. The van der Waals surface area contributed by atoms with Gasteiger partial charge in [-0.1, -0.05) is 12.1 Å². The topological polar surface area (TPSA) is 72.7 Å². The Morgan fingerprint density at radius 2 is 2.00 bits per heavy atom. The molecule has 4 rings (SSSR count). The monoisotopic (exact) mass is 347 g/mol. The van der Waals surface area contributed by atoms with Gasteiger partial charge in [-0.2, -0.15) is 5.10 Å². The zero-order chi connectivity index (χ0) is 18.1. The maximum Gasteiger partial charge on any atom is 0.259 e. The van der Waals surface area contributed by atoms with Crippen molar-refractivity contribution in [2.24, 2.45) is 7.05 Å². The maximum absolute atomic E-state index is 13.6. The number of hydrogen-bond acceptors (Lipinski definition) is 4. The van der Waals surface area contributed by atoms with E-state index < -0.39 is 0 Å². The van der Waals surface area contributed by atoms with Crippen LogP contribution in [-0.2, 0) is 7.05 Å². The molecule has 0 radical (unpaired) electrons. The molecule has 0 atom stereocenters. The normalized spacial score (nSPS) is 10.8. The van der Waals surface area contributed by atoms with E-state index in [1.165, 1.54) is 16.8 Å². The molecule has 3 aromatic heterocycles. The van der Waals surface area contributed by atoms with Gasteiger partial charge in [0.1, 0.15) is 17.0 Å². The fourth-order valence-electron chi connectivity index (χ4n) is 2.77. The van der Waals surface area contributed by atoms with Gasteiger partial charge < -0.3 is 5.32 Å². The second kappa shape index (κ2) is 6.36. The van der Waals surface area contributed by atoms with Crippen LogP contribution < -0.4 is 5.32 Å². The molecule has 26 heavy (non-hydrogen) atoms. The van der Waals surface area contributed by atoms with Crippen LogP contribution in [0.5, 0.6) is 0 Å². The van der Waals surface area contributed by atoms with Crippen LogP contribution in [0.4, 0.5) is 10.1 Å². The minimum absolute atomic E-state index is 0.346. The van der Waals surface area contributed by atoms with Crippen molar-refractivity contribution in [3.05, 3.63) is 72.4 Å². The summed E-state index contributed by atoms with van der Waals surface area (Å²) in [5.74, 6) is -0.737. The predicted octanol–water partition coefficient (Wildman–Crippen LogP) is 3.42. The highest BCUT2D eigenvalue weighted by atomic mass is 19.1. The van der Waals surface area contributed by atoms with Gasteiger partial charge in [0, 0.05) is 31.2 Å². The minimum Gasteiger partial charge on any atom is -0.320 e. The molecule has 0 aliphatic carbocycles. The van der Waals surface area contributed by atoms with Crippen molar-refractivity contribution in [1.82, 2.24) is 19.7 Å². The number of hydrogen-bond donors (Lipinski definition) is 1. The van der Waals surface area contributed by atoms with E-state index in [-0.39, 0.29) is 11.7 Å². The number of halogens is 1. The molecular weight excluding hydrogens is 333 g/mol. The number of anilines is 1. The molecule has 0 aliphatic rings. The molecule has 0 saturated heterocycles. The van der Waals surface area contributed by atoms with E-state index in [1.54, 1.807) is 49.9 Å². The number of carbonyl (C=O) groups excluding carboxylic acids is 1. The highest BCUT2D eigenvalue weighted by molar-refractivity contribution is 6.10. The first-order chi connectivity index (χ1) is 12.6. The summed E-state index contributed by atoms with van der Waals surface area (Å²) in [6, 6.07) is 11.3. The Bertz CT molecular complexity index is 1120. The van der Waals surface area contributed by atoms with Gasteiger partial charge in [0.2, 0.25) is 0 Å². The van der Waals surface area contributed by atoms with Crippen LogP contribution >= 0.6 is 0 Å². The van der Waals surface area contributed by atoms with E-state index in [2.05, 4.69) is 20.4 Å². The Morgan fingerprint density at radius 1 is 1.12 bits per heavy atom. The Morgan fingerprint density at radius 3 is 2.85 bits per heavy atom. The number of pyridine rings is 2. The number of nitrogens with zero attached hydrogens (tertiary/aromatic N) is 4. The summed E-state index contributed by atoms with van der Waals surface area (Å²) >= 11 is 0. The third-order valence-electron chi connectivity index (χ3n) is 3.92. The maximum atomic E-state index is 13.6. The molecule has 0 unspecified atom stereocenters. The van der Waals surface area contributed by atoms with Crippen LogP contribution in [0.1, 0.15) is 10.4 Å². The second-order valence-corrected chi connectivity index (χ2v) is 5.76. The first-order valence-electron chi connectivity index (χ1n) is 7.92. The number of aryl methyl sites for hydroxylation is 1. The first-order valence-corrected chi connectivity index (χ1v) is 7.92. The van der Waals surface area contributed by atoms with E-state index in [9.17, 15) is 9.18 Å². The van der Waals surface area contributed by atoms with Crippen LogP contribution in [0.15, 0.2) is 61.1 Å². The molecule has 1 amide bonds. The van der Waals surface area contributed by atoms with Gasteiger partial charge >= 0.3 is 0 Å². The molecule has 0 fully saturated rings. The summed E-state index contributed by atoms with van der Waals surface area (Å²) in [5, 5.41) is 7.16. The zero-order valence-electron chi connectivity index (χ0n) is 13.8. The van der Waals surface area contributed by atoms with Crippen LogP contribution in [0.25, 0.3) is 22.3 Å². The molecule has 1 N–H and O–H groups in total. The van der Waals surface area contributed by atoms with Crippen molar-refractivity contribution in [3.63, 3.8) is 0 Å². The smallest absolute Gasteiger partial charge is 0.259 e. The summed E-state index contributed by atoms with van der Waals surface area (Å²) in [6.07, 6.45) is 4.85. The lowest BCUT2D eigenvalue weighted by Gasteiger charge is -2.07. The number of rotatable bonds is 3. The first kappa shape index (κ1) is 15.9. The molecule has 128 valence electrons. The van der Waals surface area contributed by atoms with E-state index >= 15 is 0 Å². The molecule has 1 aromatic carbocycles. The molecule has 4 aromatic rings. The Balaban J connectivity index is 1.73. The number of benzene rings is 1. The SMILES string of the molecule is Cn1cc(C(=O)Nc2ccnc3cccnc23)c(-c2cccc(F)c2)n1. The van der Waals surface area contributed by atoms with Gasteiger partial charge in [-0.25, -0.2) is 4.39 Å². The summed E-state index contributed by atoms with van der Waals surface area (Å²) in [5.41, 5.74) is 3.12. The van der Waals surface area contributed by atoms with Gasteiger partial charge in [0.25, 0.3) is 5.91 Å². The lowest BCUT2D eigenvalue weighted by atomic mass is 10.1. The average Bonchev–Trinajstić information content (AvgIpc) is 3.04. The van der Waals surface area contributed by atoms with Crippen molar-refractivity contribution in [1.29, 1.82) is 0 Å². The highest BCUT2D eigenvalue weighted by Gasteiger charge is 2.18. The van der Waals surface area contributed by atoms with Gasteiger partial charge in [0.05, 0.1) is 16.8 Å². The van der Waals surface area contributed by atoms with E-state index in [0.29, 0.717) is 33.5 Å². The lowest BCUT2D eigenvalue weighted by Crippen LogP contribution is -2.13.